The number of carbonyl (C=O) groups excluding carboxylic acids is 2. The molecule has 2 aromatic heterocycles. The summed E-state index contributed by atoms with van der Waals surface area (Å²) in [4.78, 5) is 38.4. The maximum Gasteiger partial charge on any atom is 0.320 e. The number of nitrogen functional groups attached to an aromatic ring is 6. The molecule has 0 saturated carbocycles. The van der Waals surface area contributed by atoms with Crippen molar-refractivity contribution in [3.8, 4) is 0 Å². The number of carbonyl (C=O) groups is 2. The lowest BCUT2D eigenvalue weighted by molar-refractivity contribution is -0.351. The van der Waals surface area contributed by atoms with Crippen molar-refractivity contribution in [1.29, 1.82) is 0 Å². The molecule has 0 radical (unpaired) electrons. The second kappa shape index (κ2) is 13.7. The number of rotatable bonds is 3. The Kier molecular flexibility index (Phi) is 13.9. The van der Waals surface area contributed by atoms with Gasteiger partial charge in [-0.3, -0.25) is 0 Å². The standard InChI is InChI=1S/C4H6O6.2C3H6N6.2H2O/c5-1(3(7)8)2(6)4(9)10;2*4-1-7-2(5)9-3(6)8-1;;/h1-2,5-6H,(H,7,8)(H,9,10);2*(H6,4,5,6,7,8,9);2*1H2/t1-,2-;;;;/m0..../s1. The summed E-state index contributed by atoms with van der Waals surface area (Å²) in [6.07, 6.45) is -4.88. The second-order valence-electron chi connectivity index (χ2n) is 4.48. The summed E-state index contributed by atoms with van der Waals surface area (Å²) in [7, 11) is 0. The van der Waals surface area contributed by atoms with Crippen LogP contribution in [-0.2, 0) is 9.59 Å². The Morgan fingerprint density at radius 1 is 0.667 bits per heavy atom. The average Bonchev–Trinajstić information content (AvgIpc) is 2.51. The number of nitrogens with zero attached hydrogens (tertiary/aromatic N) is 4. The maximum absolute atomic E-state index is 9.63. The number of nitrogens with one attached hydrogen (secondary N) is 2. The van der Waals surface area contributed by atoms with E-state index in [2.05, 4.69) is 29.9 Å². The van der Waals surface area contributed by atoms with E-state index >= 15 is 0 Å². The molecule has 0 saturated heterocycles. The van der Waals surface area contributed by atoms with E-state index in [1.54, 1.807) is 0 Å². The first kappa shape index (κ1) is 30.3. The highest BCUT2D eigenvalue weighted by atomic mass is 16.4. The molecule has 20 heteroatoms. The van der Waals surface area contributed by atoms with Crippen molar-refractivity contribution in [1.82, 2.24) is 19.9 Å². The molecule has 0 bridgehead atoms. The van der Waals surface area contributed by atoms with Crippen LogP contribution in [0.4, 0.5) is 35.7 Å². The van der Waals surface area contributed by atoms with Crippen LogP contribution in [0.5, 0.6) is 0 Å². The highest BCUT2D eigenvalue weighted by Crippen LogP contribution is 1.92. The number of nitrogens with two attached hydrogens (primary N) is 6. The van der Waals surface area contributed by atoms with Gasteiger partial charge in [0.1, 0.15) is 12.2 Å². The molecule has 20 nitrogen and oxygen atoms in total. The third-order valence-corrected chi connectivity index (χ3v) is 2.23. The number of aliphatic carboxylic acids is 2. The van der Waals surface area contributed by atoms with Crippen LogP contribution in [0, 0.1) is 0 Å². The van der Waals surface area contributed by atoms with E-state index in [9.17, 15) is 19.8 Å². The molecule has 0 aliphatic rings. The molecule has 0 aliphatic heterocycles. The molecular weight excluding hydrogens is 416 g/mol. The van der Waals surface area contributed by atoms with Gasteiger partial charge in [0.05, 0.1) is 11.9 Å². The number of carboxylic acid groups (broad SMARTS) is 2. The zero-order chi connectivity index (χ0) is 22.0. The van der Waals surface area contributed by atoms with Crippen molar-refractivity contribution < 1.29 is 50.9 Å². The van der Waals surface area contributed by atoms with Gasteiger partial charge in [0, 0.05) is 0 Å². The van der Waals surface area contributed by atoms with Gasteiger partial charge < -0.3 is 75.4 Å². The molecular formula is C10H22N12O8. The fraction of sp³-hybridized carbons (Fsp3) is 0.200. The maximum atomic E-state index is 9.63. The molecule has 170 valence electrons. The largest absolute Gasteiger partial charge is 0.547 e. The van der Waals surface area contributed by atoms with E-state index in [1.807, 2.05) is 0 Å². The number of aliphatic hydroxyl groups is 2. The summed E-state index contributed by atoms with van der Waals surface area (Å²) >= 11 is 0. The third-order valence-electron chi connectivity index (χ3n) is 2.23. The first-order valence-electron chi connectivity index (χ1n) is 6.76. The lowest BCUT2D eigenvalue weighted by Crippen LogP contribution is -2.51. The molecule has 0 fully saturated rings. The normalized spacial score (nSPS) is 10.9. The summed E-state index contributed by atoms with van der Waals surface area (Å²) in [6, 6.07) is 0. The Bertz CT molecular complexity index is 655. The Balaban J connectivity index is -0.000000353. The summed E-state index contributed by atoms with van der Waals surface area (Å²) in [5, 5.41) is 35.7. The summed E-state index contributed by atoms with van der Waals surface area (Å²) in [5.74, 6) is -3.30. The van der Waals surface area contributed by atoms with Crippen LogP contribution in [0.15, 0.2) is 0 Å². The third kappa shape index (κ3) is 12.1. The predicted molar refractivity (Wildman–Crippen MR) is 92.9 cm³/mol. The fourth-order valence-corrected chi connectivity index (χ4v) is 1.18. The smallest absolute Gasteiger partial charge is 0.320 e. The Labute approximate surface area is 166 Å². The van der Waals surface area contributed by atoms with Crippen LogP contribution >= 0.6 is 0 Å². The van der Waals surface area contributed by atoms with E-state index in [1.165, 1.54) is 0 Å². The van der Waals surface area contributed by atoms with Crippen LogP contribution in [0.1, 0.15) is 0 Å². The van der Waals surface area contributed by atoms with E-state index in [0.717, 1.165) is 0 Å². The van der Waals surface area contributed by atoms with Crippen LogP contribution in [0.25, 0.3) is 0 Å². The summed E-state index contributed by atoms with van der Waals surface area (Å²) in [6.45, 7) is 0. The first-order valence-corrected chi connectivity index (χ1v) is 6.76. The molecule has 20 N–H and O–H groups in total. The van der Waals surface area contributed by atoms with Gasteiger partial charge in [-0.2, -0.15) is 0 Å². The molecule has 0 aromatic carbocycles. The van der Waals surface area contributed by atoms with Gasteiger partial charge in [0.25, 0.3) is 0 Å². The fourth-order valence-electron chi connectivity index (χ4n) is 1.18. The number of hydrogen-bond acceptors (Lipinski definition) is 16. The summed E-state index contributed by atoms with van der Waals surface area (Å²) in [5.41, 5.74) is 31.1. The van der Waals surface area contributed by atoms with Crippen molar-refractivity contribution in [2.24, 2.45) is 0 Å². The van der Waals surface area contributed by atoms with Crippen molar-refractivity contribution in [2.45, 2.75) is 12.2 Å². The number of aliphatic hydroxyl groups excluding tert-OH is 2. The van der Waals surface area contributed by atoms with Gasteiger partial charge in [-0.05, 0) is 0 Å². The second-order valence-corrected chi connectivity index (χ2v) is 4.48. The number of carboxylic acids is 2. The predicted octanol–water partition coefficient (Wildman–Crippen LogP) is -10.4. The SMILES string of the molecule is Nc1nc(N)[nH+]c(N)n1.Nc1nc(N)[nH+]c(N)n1.O.O.O=C([O-])[C@@H](O)[C@H](O)C(=O)[O-]. The Morgan fingerprint density at radius 2 is 0.867 bits per heavy atom. The average molecular weight is 438 g/mol. The minimum atomic E-state index is -2.44. The zero-order valence-corrected chi connectivity index (χ0v) is 14.9. The molecule has 2 rings (SSSR count). The molecule has 2 aromatic rings. The van der Waals surface area contributed by atoms with E-state index in [0.29, 0.717) is 0 Å². The lowest BCUT2D eigenvalue weighted by atomic mass is 10.2. The van der Waals surface area contributed by atoms with Gasteiger partial charge in [-0.1, -0.05) is 19.9 Å². The number of anilines is 6. The molecule has 0 unspecified atom stereocenters. The molecule has 30 heavy (non-hydrogen) atoms. The minimum absolute atomic E-state index is 0. The highest BCUT2D eigenvalue weighted by molar-refractivity contribution is 5.80. The van der Waals surface area contributed by atoms with E-state index < -0.39 is 24.1 Å². The van der Waals surface area contributed by atoms with E-state index in [-0.39, 0.29) is 46.6 Å². The zero-order valence-electron chi connectivity index (χ0n) is 14.9. The van der Waals surface area contributed by atoms with Gasteiger partial charge in [0.15, 0.2) is 0 Å². The molecule has 0 amide bonds. The van der Waals surface area contributed by atoms with Crippen molar-refractivity contribution in [3.63, 3.8) is 0 Å². The molecule has 2 heterocycles. The molecule has 0 spiro atoms. The monoisotopic (exact) mass is 438 g/mol. The van der Waals surface area contributed by atoms with Crippen LogP contribution in [0.3, 0.4) is 0 Å². The van der Waals surface area contributed by atoms with Crippen molar-refractivity contribution >= 4 is 47.6 Å². The van der Waals surface area contributed by atoms with Crippen molar-refractivity contribution in [2.75, 3.05) is 34.4 Å². The van der Waals surface area contributed by atoms with Gasteiger partial charge in [0.2, 0.25) is 0 Å². The van der Waals surface area contributed by atoms with Gasteiger partial charge in [-0.15, -0.1) is 0 Å². The Morgan fingerprint density at radius 3 is 1.00 bits per heavy atom. The van der Waals surface area contributed by atoms with Crippen LogP contribution < -0.4 is 54.6 Å². The lowest BCUT2D eigenvalue weighted by Gasteiger charge is -2.18. The molecule has 0 aliphatic carbocycles. The topological polar surface area (TPSA) is 420 Å². The number of H-pyrrole nitrogens is 2. The van der Waals surface area contributed by atoms with Crippen LogP contribution in [-0.4, -0.2) is 65.2 Å². The summed E-state index contributed by atoms with van der Waals surface area (Å²) < 4.78 is 0. The van der Waals surface area contributed by atoms with Crippen LogP contribution in [0.2, 0.25) is 0 Å². The quantitative estimate of drug-likeness (QED) is 0.220. The van der Waals surface area contributed by atoms with E-state index in [4.69, 9.17) is 44.6 Å². The Hall–Kier alpha value is -4.40. The van der Waals surface area contributed by atoms with Gasteiger partial charge >= 0.3 is 35.7 Å². The molecule has 2 atom stereocenters. The number of aromatic amines is 2. The first-order chi connectivity index (χ1) is 12.8. The van der Waals surface area contributed by atoms with Crippen molar-refractivity contribution in [3.05, 3.63) is 0 Å². The number of hydrogen-bond donors (Lipinski definition) is 8. The van der Waals surface area contributed by atoms with Gasteiger partial charge in [-0.25, -0.2) is 9.97 Å². The highest BCUT2D eigenvalue weighted by Gasteiger charge is 2.17. The minimum Gasteiger partial charge on any atom is -0.547 e. The number of aromatic nitrogens is 6.